The topological polar surface area (TPSA) is 226 Å². The molecule has 0 fully saturated rings. The molecule has 0 atom stereocenters. The van der Waals surface area contributed by atoms with E-state index in [1.165, 1.54) is 16.7 Å². The molecule has 0 spiro atoms. The summed E-state index contributed by atoms with van der Waals surface area (Å²) in [7, 11) is 13.8. The Kier molecular flexibility index (Phi) is 32.7. The smallest absolute Gasteiger partial charge is 0 e. The number of aromatic nitrogens is 10. The normalized spacial score (nSPS) is 11.5. The number of pyridine rings is 3. The fraction of sp³-hybridized carbons (Fsp3) is 0.129. The number of ether oxygens (including phenoxy) is 3. The molecule has 0 unspecified atom stereocenters. The quantitative estimate of drug-likeness (QED) is 0.0365. The molecular weight excluding hydrogens is 2400 g/mol. The van der Waals surface area contributed by atoms with Crippen molar-refractivity contribution in [2.24, 2.45) is 7.05 Å². The molecule has 0 N–H and O–H groups in total. The second-order valence-electron chi connectivity index (χ2n) is 35.9. The summed E-state index contributed by atoms with van der Waals surface area (Å²) in [4.78, 5) is 33.3. The van der Waals surface area contributed by atoms with E-state index >= 15 is 0 Å². The van der Waals surface area contributed by atoms with E-state index in [1.807, 2.05) is 238 Å². The van der Waals surface area contributed by atoms with E-state index in [1.54, 1.807) is 12.1 Å². The number of nitriles is 4. The Morgan fingerprint density at radius 3 is 1.36 bits per heavy atom. The van der Waals surface area contributed by atoms with E-state index in [4.69, 9.17) is 59.4 Å². The van der Waals surface area contributed by atoms with E-state index in [0.717, 1.165) is 157 Å². The number of hydrogen-bond donors (Lipinski definition) is 0. The van der Waals surface area contributed by atoms with Crippen LogP contribution in [0.5, 0.6) is 34.5 Å². The van der Waals surface area contributed by atoms with E-state index in [2.05, 4.69) is 280 Å². The van der Waals surface area contributed by atoms with Crippen molar-refractivity contribution < 1.29 is 86.5 Å². The Bertz CT molecular complexity index is 8430. The fourth-order valence-electron chi connectivity index (χ4n) is 17.1. The third-order valence-electron chi connectivity index (χ3n) is 23.9. The van der Waals surface area contributed by atoms with Crippen LogP contribution < -0.4 is 52.6 Å². The van der Waals surface area contributed by atoms with Gasteiger partial charge in [0.1, 0.15) is 52.5 Å². The van der Waals surface area contributed by atoms with E-state index in [9.17, 15) is 15.8 Å². The number of aryl methyl sites for hydroxylation is 1. The van der Waals surface area contributed by atoms with Crippen LogP contribution >= 0.6 is 41.4 Å². The van der Waals surface area contributed by atoms with Gasteiger partial charge in [-0.05, 0) is 238 Å². The summed E-state index contributed by atoms with van der Waals surface area (Å²) in [6.07, 6.45) is 9.50. The molecule has 13 aromatic carbocycles. The van der Waals surface area contributed by atoms with Crippen LogP contribution in [-0.2, 0) is 65.6 Å². The van der Waals surface area contributed by atoms with Crippen molar-refractivity contribution in [3.63, 3.8) is 0 Å². The number of carbonyl (C=O) groups excluding carboxylic acids is 1. The Labute approximate surface area is 888 Å². The van der Waals surface area contributed by atoms with Gasteiger partial charge in [-0.25, -0.2) is 24.5 Å². The van der Waals surface area contributed by atoms with Crippen LogP contribution in [-0.4, -0.2) is 61.5 Å². The predicted octanol–water partition coefficient (Wildman–Crippen LogP) is 25.5. The maximum absolute atomic E-state index is 9.60. The van der Waals surface area contributed by atoms with Crippen molar-refractivity contribution in [1.29, 1.82) is 21.0 Å². The van der Waals surface area contributed by atoms with Gasteiger partial charge in [-0.1, -0.05) is 157 Å². The third-order valence-corrected chi connectivity index (χ3v) is 23.9. The second kappa shape index (κ2) is 45.5. The van der Waals surface area contributed by atoms with Crippen molar-refractivity contribution in [1.82, 2.24) is 42.8 Å². The zero-order chi connectivity index (χ0) is 99.4. The summed E-state index contributed by atoms with van der Waals surface area (Å²) in [5.74, 6) is 6.51. The first-order chi connectivity index (χ1) is 68.2. The molecule has 0 aliphatic carbocycles. The maximum Gasteiger partial charge on any atom is 0 e. The number of benzene rings is 13. The standard InChI is InChI=1S/C36H30N5O.C36H28N5O.C35H27N5O.C7H5N.CH3I.CHO.2ClH.HI.2Pt/c2*1-36(2,3)25-16-17-38-35(19-25)41-31-15-12-24(22-37)18-30(31)29-14-13-28(21-34(29)41)42-27-9-7-8-26(20-27)40-23-39(4)32-10-5-6-11-33(32)40;1-35(2,3)24-15-16-37-34(18-24)40-31-14-11-23(21-36)17-29(31)28-13-12-27(20-33(28)40)41-26-8-6-7-25(19-26)39-22-38-30-9-4-5-10-32(30)39;8-6-7-4-2-1-3-5-7;2*1-2;;;;;/h5-21,23H,1-4H3;5-19,23H,1-4H3;4-20,22H,1-3H3;1-5H;1H3;1H;3*1H;;/q+1;-3;;;;-1;;;;;+2/p-3/i;;;;;1D;;;;;. The summed E-state index contributed by atoms with van der Waals surface area (Å²) in [5, 5.41) is 43.1. The number of anilines is 3. The van der Waals surface area contributed by atoms with Crippen molar-refractivity contribution in [3.8, 4) is 87.6 Å². The molecule has 0 saturated carbocycles. The van der Waals surface area contributed by atoms with Crippen LogP contribution in [0.1, 0.15) is 103 Å². The first kappa shape index (κ1) is 102. The van der Waals surface area contributed by atoms with Gasteiger partial charge < -0.3 is 57.3 Å². The van der Waals surface area contributed by atoms with E-state index in [-0.39, 0.29) is 61.3 Å². The van der Waals surface area contributed by atoms with Gasteiger partial charge in [0, 0.05) is 114 Å². The van der Waals surface area contributed by atoms with Crippen LogP contribution in [0.4, 0.5) is 17.1 Å². The van der Waals surface area contributed by atoms with Crippen molar-refractivity contribution in [2.45, 2.75) is 78.6 Å². The van der Waals surface area contributed by atoms with Crippen LogP contribution in [0.3, 0.4) is 0 Å². The number of para-hydroxylation sites is 6. The Balaban J connectivity index is 0.000000157. The molecule has 714 valence electrons. The van der Waals surface area contributed by atoms with Gasteiger partial charge in [0.25, 0.3) is 0 Å². The molecule has 21 aromatic rings. The number of hydrogen-bond acceptors (Lipinski definition) is 14. The predicted molar refractivity (Wildman–Crippen MR) is 567 cm³/mol. The molecule has 26 heteroatoms. The zero-order valence-corrected chi connectivity index (χ0v) is 89.7. The minimum atomic E-state index is -0.472. The molecule has 22 rings (SSSR count). The van der Waals surface area contributed by atoms with Gasteiger partial charge in [0.05, 0.1) is 92.4 Å². The van der Waals surface area contributed by atoms with Gasteiger partial charge in [-0.15, -0.1) is 41.4 Å². The van der Waals surface area contributed by atoms with Crippen LogP contribution in [0.15, 0.2) is 341 Å². The van der Waals surface area contributed by atoms with Crippen LogP contribution in [0.2, 0.25) is 0 Å². The minimum Gasteiger partial charge on any atom is -1.00 e. The largest absolute Gasteiger partial charge is 1.00 e. The Morgan fingerprint density at radius 2 is 0.852 bits per heavy atom. The van der Waals surface area contributed by atoms with E-state index in [0.29, 0.717) is 39.5 Å². The number of fused-ring (bicyclic) bond motifs is 12. The average molecular weight is 2490 g/mol. The maximum atomic E-state index is 9.60. The molecule has 1 aliphatic rings. The number of rotatable bonds is 12. The van der Waals surface area contributed by atoms with Gasteiger partial charge in [-0.2, -0.15) is 45.8 Å². The van der Waals surface area contributed by atoms with Gasteiger partial charge >= 0.3 is 35.3 Å². The molecule has 1 aliphatic heterocycles. The minimum absolute atomic E-state index is 0. The second-order valence-corrected chi connectivity index (χ2v) is 39.2. The molecule has 142 heavy (non-hydrogen) atoms. The Hall–Kier alpha value is -14.3. The van der Waals surface area contributed by atoms with E-state index < -0.39 is 16.5 Å². The monoisotopic (exact) mass is 2490 g/mol. The summed E-state index contributed by atoms with van der Waals surface area (Å²) < 4.78 is 37.4. The molecule has 0 bridgehead atoms. The number of nitrogens with zero attached hydrogens (tertiary/aromatic N) is 16. The number of imidazole rings is 2. The number of alkyl halides is 1. The molecular formula is C116H94Cl2I2N16O4Pt2-4. The fourth-order valence-corrected chi connectivity index (χ4v) is 17.1. The van der Waals surface area contributed by atoms with Crippen LogP contribution in [0.25, 0.3) is 116 Å². The average Bonchev–Trinajstić information content (AvgIpc) is 1.59. The first-order valence-electron chi connectivity index (χ1n) is 45.1. The summed E-state index contributed by atoms with van der Waals surface area (Å²) >= 11 is 1.68. The summed E-state index contributed by atoms with van der Waals surface area (Å²) in [6, 6.07) is 118. The molecule has 20 nitrogen and oxygen atoms in total. The molecule has 8 aromatic heterocycles. The van der Waals surface area contributed by atoms with Crippen molar-refractivity contribution in [3.05, 3.63) is 398 Å². The molecule has 0 radical (unpaired) electrons. The Morgan fingerprint density at radius 1 is 0.423 bits per heavy atom. The molecule has 0 amide bonds. The van der Waals surface area contributed by atoms with Crippen LogP contribution in [0, 0.1) is 64.1 Å². The third kappa shape index (κ3) is 22.4. The number of halogens is 4. The van der Waals surface area contributed by atoms with Crippen molar-refractivity contribution >= 4 is 153 Å². The van der Waals surface area contributed by atoms with Crippen molar-refractivity contribution in [2.75, 3.05) is 21.8 Å². The molecule has 0 saturated heterocycles. The van der Waals surface area contributed by atoms with Gasteiger partial charge in [0.2, 0.25) is 6.33 Å². The first-order valence-corrected chi connectivity index (χ1v) is 52.4. The molecule has 9 heterocycles. The summed E-state index contributed by atoms with van der Waals surface area (Å²) in [6.45, 7) is 22.6. The van der Waals surface area contributed by atoms with Gasteiger partial charge in [-0.3, -0.25) is 20.5 Å². The SMILES string of the molecule is CC(C)(C)c1ccnc(-n2c3ccc(C#N)cc3c3ccc(Oc4cccc(-n5cnc6ccccc65)c4)cc32)c1.CI.CN1[CH-]N(c2[c-]c(Oc3[c-]c4c(cc3)c3cc(C#N)ccc3n4-c3cc(C(C)(C)C)ccn3)ccc2)c2ccccc21.C[n+]1cn(-c2cccc(Oc3ccc4c5cc(C#N)ccc5n(-c5cc(C(C)(C)C)ccn5)c4c3)c2)c2ccccc21.N#Cc1ccccc1.[2H][C-]=O.[Cl][Pt][Cl].[I-].[Pt]. The summed E-state index contributed by atoms with van der Waals surface area (Å²) in [5.41, 5.74) is 21.1. The zero-order valence-electron chi connectivity index (χ0n) is 80.3. The van der Waals surface area contributed by atoms with Gasteiger partial charge in [0.15, 0.2) is 11.0 Å².